The van der Waals surface area contributed by atoms with E-state index in [1.165, 1.54) is 5.56 Å². The molecule has 1 atom stereocenters. The van der Waals surface area contributed by atoms with E-state index >= 15 is 0 Å². The number of hydrogen-bond donors (Lipinski definition) is 2. The molecule has 0 bridgehead atoms. The maximum absolute atomic E-state index is 10.0. The first kappa shape index (κ1) is 13.4. The molecule has 3 N–H and O–H groups in total. The van der Waals surface area contributed by atoms with Crippen molar-refractivity contribution >= 4 is 5.69 Å². The molecule has 0 radical (unpaired) electrons. The van der Waals surface area contributed by atoms with Gasteiger partial charge in [-0.2, -0.15) is 0 Å². The van der Waals surface area contributed by atoms with Gasteiger partial charge in [-0.1, -0.05) is 12.1 Å². The number of rotatable bonds is 3. The van der Waals surface area contributed by atoms with Crippen LogP contribution in [0.1, 0.15) is 31.7 Å². The van der Waals surface area contributed by atoms with E-state index in [0.29, 0.717) is 0 Å². The minimum Gasteiger partial charge on any atom is -0.399 e. The van der Waals surface area contributed by atoms with Crippen LogP contribution < -0.4 is 5.73 Å². The molecule has 3 nitrogen and oxygen atoms in total. The number of nitrogens with zero attached hydrogens (tertiary/aromatic N) is 1. The molecule has 0 saturated carbocycles. The van der Waals surface area contributed by atoms with Crippen LogP contribution in [0.15, 0.2) is 24.3 Å². The highest BCUT2D eigenvalue weighted by Crippen LogP contribution is 2.21. The second-order valence-electron chi connectivity index (χ2n) is 5.68. The molecule has 1 saturated heterocycles. The van der Waals surface area contributed by atoms with Crippen molar-refractivity contribution in [2.45, 2.75) is 38.2 Å². The highest BCUT2D eigenvalue weighted by molar-refractivity contribution is 5.39. The van der Waals surface area contributed by atoms with Gasteiger partial charge >= 0.3 is 0 Å². The van der Waals surface area contributed by atoms with Crippen LogP contribution in [0.2, 0.25) is 0 Å². The molecule has 3 heteroatoms. The number of hydrogen-bond acceptors (Lipinski definition) is 3. The van der Waals surface area contributed by atoms with Crippen molar-refractivity contribution in [3.8, 4) is 0 Å². The smallest absolute Gasteiger partial charge is 0.0632 e. The van der Waals surface area contributed by atoms with Crippen molar-refractivity contribution in [3.63, 3.8) is 0 Å². The molecule has 1 aliphatic rings. The predicted molar refractivity (Wildman–Crippen MR) is 75.5 cm³/mol. The van der Waals surface area contributed by atoms with Gasteiger partial charge in [0.1, 0.15) is 0 Å². The van der Waals surface area contributed by atoms with E-state index in [9.17, 15) is 5.11 Å². The Hall–Kier alpha value is -1.06. The van der Waals surface area contributed by atoms with E-state index < -0.39 is 5.60 Å². The number of aliphatic hydroxyl groups is 1. The van der Waals surface area contributed by atoms with E-state index in [1.807, 2.05) is 19.1 Å². The molecule has 1 aromatic rings. The number of benzene rings is 1. The second kappa shape index (κ2) is 5.72. The van der Waals surface area contributed by atoms with Gasteiger partial charge in [0.2, 0.25) is 0 Å². The van der Waals surface area contributed by atoms with Gasteiger partial charge in [-0.3, -0.25) is 0 Å². The molecule has 1 fully saturated rings. The molecule has 18 heavy (non-hydrogen) atoms. The van der Waals surface area contributed by atoms with Crippen LogP contribution in [-0.4, -0.2) is 35.2 Å². The lowest BCUT2D eigenvalue weighted by atomic mass is 9.98. The van der Waals surface area contributed by atoms with Crippen molar-refractivity contribution in [1.29, 1.82) is 0 Å². The molecular weight excluding hydrogens is 224 g/mol. The SMILES string of the molecule is CC1(O)CCCN(CCc2ccc(N)cc2)CC1. The zero-order chi connectivity index (χ0) is 13.0. The molecule has 100 valence electrons. The van der Waals surface area contributed by atoms with E-state index in [-0.39, 0.29) is 0 Å². The summed E-state index contributed by atoms with van der Waals surface area (Å²) in [4.78, 5) is 2.46. The third-order valence-corrected chi connectivity index (χ3v) is 3.85. The Labute approximate surface area is 110 Å². The maximum Gasteiger partial charge on any atom is 0.0632 e. The average molecular weight is 248 g/mol. The Bertz CT molecular complexity index is 373. The van der Waals surface area contributed by atoms with Crippen LogP contribution in [-0.2, 0) is 6.42 Å². The normalized spacial score (nSPS) is 25.9. The van der Waals surface area contributed by atoms with Crippen LogP contribution in [0.5, 0.6) is 0 Å². The zero-order valence-corrected chi connectivity index (χ0v) is 11.2. The van der Waals surface area contributed by atoms with Crippen molar-refractivity contribution in [2.24, 2.45) is 0 Å². The first-order valence-electron chi connectivity index (χ1n) is 6.84. The van der Waals surface area contributed by atoms with Gasteiger partial charge in [-0.15, -0.1) is 0 Å². The summed E-state index contributed by atoms with van der Waals surface area (Å²) < 4.78 is 0. The van der Waals surface area contributed by atoms with E-state index in [2.05, 4.69) is 17.0 Å². The topological polar surface area (TPSA) is 49.5 Å². The summed E-state index contributed by atoms with van der Waals surface area (Å²) in [6.07, 6.45) is 3.96. The van der Waals surface area contributed by atoms with Crippen molar-refractivity contribution in [1.82, 2.24) is 4.90 Å². The van der Waals surface area contributed by atoms with E-state index in [0.717, 1.165) is 51.0 Å². The van der Waals surface area contributed by atoms with Crippen LogP contribution in [0.4, 0.5) is 5.69 Å². The predicted octanol–water partition coefficient (Wildman–Crippen LogP) is 2.05. The fourth-order valence-electron chi connectivity index (χ4n) is 2.51. The number of nitrogen functional groups attached to an aromatic ring is 1. The van der Waals surface area contributed by atoms with Crippen molar-refractivity contribution in [3.05, 3.63) is 29.8 Å². The van der Waals surface area contributed by atoms with Crippen LogP contribution in [0.3, 0.4) is 0 Å². The van der Waals surface area contributed by atoms with Crippen molar-refractivity contribution in [2.75, 3.05) is 25.4 Å². The lowest BCUT2D eigenvalue weighted by molar-refractivity contribution is 0.0447. The third kappa shape index (κ3) is 4.00. The molecule has 1 aliphatic heterocycles. The monoisotopic (exact) mass is 248 g/mol. The summed E-state index contributed by atoms with van der Waals surface area (Å²) in [5, 5.41) is 10.0. The first-order chi connectivity index (χ1) is 8.55. The minimum absolute atomic E-state index is 0.462. The standard InChI is InChI=1S/C15H24N2O/c1-15(18)8-2-10-17(12-9-15)11-7-13-3-5-14(16)6-4-13/h3-6,18H,2,7-12,16H2,1H3. The molecule has 0 aliphatic carbocycles. The summed E-state index contributed by atoms with van der Waals surface area (Å²) in [5.41, 5.74) is 7.37. The van der Waals surface area contributed by atoms with Crippen LogP contribution >= 0.6 is 0 Å². The minimum atomic E-state index is -0.462. The second-order valence-corrected chi connectivity index (χ2v) is 5.68. The Morgan fingerprint density at radius 2 is 1.94 bits per heavy atom. The quantitative estimate of drug-likeness (QED) is 0.805. The molecule has 1 heterocycles. The highest BCUT2D eigenvalue weighted by Gasteiger charge is 2.24. The van der Waals surface area contributed by atoms with Gasteiger partial charge in [-0.05, 0) is 56.8 Å². The maximum atomic E-state index is 10.0. The Balaban J connectivity index is 1.81. The van der Waals surface area contributed by atoms with Gasteiger partial charge in [0.05, 0.1) is 5.60 Å². The lowest BCUT2D eigenvalue weighted by Crippen LogP contribution is -2.29. The molecule has 0 aromatic heterocycles. The third-order valence-electron chi connectivity index (χ3n) is 3.85. The Kier molecular flexibility index (Phi) is 4.25. The molecular formula is C15H24N2O. The molecule has 1 aromatic carbocycles. The number of anilines is 1. The first-order valence-corrected chi connectivity index (χ1v) is 6.84. The van der Waals surface area contributed by atoms with E-state index in [4.69, 9.17) is 5.73 Å². The highest BCUT2D eigenvalue weighted by atomic mass is 16.3. The summed E-state index contributed by atoms with van der Waals surface area (Å²) in [5.74, 6) is 0. The molecule has 0 amide bonds. The molecule has 2 rings (SSSR count). The Morgan fingerprint density at radius 3 is 2.67 bits per heavy atom. The van der Waals surface area contributed by atoms with Crippen molar-refractivity contribution < 1.29 is 5.11 Å². The van der Waals surface area contributed by atoms with Crippen LogP contribution in [0, 0.1) is 0 Å². The number of nitrogens with two attached hydrogens (primary N) is 1. The lowest BCUT2D eigenvalue weighted by Gasteiger charge is -2.22. The summed E-state index contributed by atoms with van der Waals surface area (Å²) >= 11 is 0. The average Bonchev–Trinajstić information content (AvgIpc) is 2.50. The van der Waals surface area contributed by atoms with Gasteiger partial charge in [0.25, 0.3) is 0 Å². The van der Waals surface area contributed by atoms with Crippen LogP contribution in [0.25, 0.3) is 0 Å². The summed E-state index contributed by atoms with van der Waals surface area (Å²) in [6, 6.07) is 8.12. The summed E-state index contributed by atoms with van der Waals surface area (Å²) in [6.45, 7) is 5.13. The molecule has 0 spiro atoms. The zero-order valence-electron chi connectivity index (χ0n) is 11.2. The number of likely N-dealkylation sites (tertiary alicyclic amines) is 1. The van der Waals surface area contributed by atoms with Gasteiger partial charge in [-0.25, -0.2) is 0 Å². The van der Waals surface area contributed by atoms with Gasteiger partial charge in [0, 0.05) is 18.8 Å². The van der Waals surface area contributed by atoms with Gasteiger partial charge in [0.15, 0.2) is 0 Å². The van der Waals surface area contributed by atoms with E-state index in [1.54, 1.807) is 0 Å². The largest absolute Gasteiger partial charge is 0.399 e. The molecule has 1 unspecified atom stereocenters. The van der Waals surface area contributed by atoms with Gasteiger partial charge < -0.3 is 15.7 Å². The Morgan fingerprint density at radius 1 is 1.22 bits per heavy atom. The fourth-order valence-corrected chi connectivity index (χ4v) is 2.51. The fraction of sp³-hybridized carbons (Fsp3) is 0.600. The summed E-state index contributed by atoms with van der Waals surface area (Å²) in [7, 11) is 0.